The third kappa shape index (κ3) is 11.9. The Morgan fingerprint density at radius 1 is 1.38 bits per heavy atom. The van der Waals surface area contributed by atoms with Crippen molar-refractivity contribution >= 4 is 17.7 Å². The van der Waals surface area contributed by atoms with Crippen LogP contribution < -0.4 is 0 Å². The smallest absolute Gasteiger partial charge is 0.369 e. The van der Waals surface area contributed by atoms with E-state index in [1.54, 1.807) is 13.8 Å². The molecule has 0 aromatic carbocycles. The van der Waals surface area contributed by atoms with Gasteiger partial charge in [-0.05, 0) is 13.8 Å². The molecule has 0 aromatic heterocycles. The maximum atomic E-state index is 10.0. The lowest BCUT2D eigenvalue weighted by atomic mass is 10.4. The number of carboxylic acids is 1. The largest absolute Gasteiger partial charge is 0.476 e. The van der Waals surface area contributed by atoms with E-state index in [2.05, 4.69) is 14.7 Å². The van der Waals surface area contributed by atoms with Gasteiger partial charge in [-0.25, -0.2) is 4.79 Å². The molecule has 0 rings (SSSR count). The maximum Gasteiger partial charge on any atom is 0.369 e. The Morgan fingerprint density at radius 3 is 2.12 bits per heavy atom. The third-order valence-electron chi connectivity index (χ3n) is 0.941. The van der Waals surface area contributed by atoms with Crippen LogP contribution in [-0.2, 0) is 19.2 Å². The maximum absolute atomic E-state index is 10.0. The van der Waals surface area contributed by atoms with Crippen molar-refractivity contribution in [1.29, 1.82) is 5.26 Å². The molecule has 7 nitrogen and oxygen atoms in total. The molecule has 0 aromatic rings. The van der Waals surface area contributed by atoms with Gasteiger partial charge in [-0.1, -0.05) is 5.16 Å². The highest BCUT2D eigenvalue weighted by atomic mass is 16.6. The number of carbonyl (C=O) groups is 2. The summed E-state index contributed by atoms with van der Waals surface area (Å²) in [5, 5.41) is 19.3. The normalized spacial score (nSPS) is 9.25. The summed E-state index contributed by atoms with van der Waals surface area (Å²) in [4.78, 5) is 24.2. The molecule has 90 valence electrons. The number of nitrogens with zero attached hydrogens (tertiary/aromatic N) is 2. The molecule has 0 atom stereocenters. The summed E-state index contributed by atoms with van der Waals surface area (Å²) in [6.45, 7) is 5.54. The first-order valence-electron chi connectivity index (χ1n) is 4.46. The molecule has 1 N–H and O–H groups in total. The van der Waals surface area contributed by atoms with Crippen molar-refractivity contribution in [2.75, 3.05) is 13.2 Å². The summed E-state index contributed by atoms with van der Waals surface area (Å²) in [5.74, 6) is -1.59. The molecule has 0 spiro atoms. The summed E-state index contributed by atoms with van der Waals surface area (Å²) < 4.78 is 4.40. The molecule has 0 fully saturated rings. The number of nitriles is 1. The van der Waals surface area contributed by atoms with Gasteiger partial charge >= 0.3 is 11.9 Å². The Hall–Kier alpha value is -2.10. The van der Waals surface area contributed by atoms with Crippen LogP contribution in [0.2, 0.25) is 0 Å². The highest BCUT2D eigenvalue weighted by Gasteiger charge is 2.07. The number of hydrogen-bond acceptors (Lipinski definition) is 6. The molecular weight excluding hydrogens is 216 g/mol. The van der Waals surface area contributed by atoms with Crippen molar-refractivity contribution in [2.24, 2.45) is 5.16 Å². The van der Waals surface area contributed by atoms with Crippen molar-refractivity contribution in [3.05, 3.63) is 0 Å². The number of aliphatic carboxylic acids is 1. The van der Waals surface area contributed by atoms with Crippen LogP contribution in [0.5, 0.6) is 0 Å². The fourth-order valence-corrected chi connectivity index (χ4v) is 0.440. The molecule has 0 aliphatic heterocycles. The van der Waals surface area contributed by atoms with Crippen LogP contribution in [0.1, 0.15) is 20.8 Å². The van der Waals surface area contributed by atoms with Gasteiger partial charge in [0.15, 0.2) is 0 Å². The Morgan fingerprint density at radius 2 is 1.94 bits per heavy atom. The lowest BCUT2D eigenvalue weighted by Gasteiger charge is -1.89. The fourth-order valence-electron chi connectivity index (χ4n) is 0.440. The SMILES string of the molecule is CCOC(C)=O.CCON=C(C#N)C(=O)O. The molecule has 0 saturated carbocycles. The fraction of sp³-hybridized carbons (Fsp3) is 0.556. The molecule has 0 saturated heterocycles. The zero-order valence-electron chi connectivity index (χ0n) is 9.39. The summed E-state index contributed by atoms with van der Waals surface area (Å²) in [6.07, 6.45) is 0. The van der Waals surface area contributed by atoms with E-state index in [4.69, 9.17) is 10.4 Å². The number of carbonyl (C=O) groups excluding carboxylic acids is 1. The molecule has 0 amide bonds. The highest BCUT2D eigenvalue weighted by molar-refractivity contribution is 6.42. The minimum atomic E-state index is -1.38. The Kier molecular flexibility index (Phi) is 11.2. The van der Waals surface area contributed by atoms with Crippen LogP contribution in [-0.4, -0.2) is 36.0 Å². The second-order valence-corrected chi connectivity index (χ2v) is 2.20. The predicted octanol–water partition coefficient (Wildman–Crippen LogP) is 0.556. The topological polar surface area (TPSA) is 109 Å². The van der Waals surface area contributed by atoms with Crippen molar-refractivity contribution in [1.82, 2.24) is 0 Å². The van der Waals surface area contributed by atoms with Crippen molar-refractivity contribution in [2.45, 2.75) is 20.8 Å². The quantitative estimate of drug-likeness (QED) is 0.429. The highest BCUT2D eigenvalue weighted by Crippen LogP contribution is 1.79. The zero-order chi connectivity index (χ0) is 13.0. The van der Waals surface area contributed by atoms with Gasteiger partial charge in [-0.3, -0.25) is 4.79 Å². The first-order chi connectivity index (χ1) is 7.49. The van der Waals surface area contributed by atoms with Gasteiger partial charge in [0.1, 0.15) is 12.7 Å². The number of carboxylic acid groups (broad SMARTS) is 1. The number of esters is 1. The summed E-state index contributed by atoms with van der Waals surface area (Å²) in [6, 6.07) is 1.36. The average molecular weight is 230 g/mol. The lowest BCUT2D eigenvalue weighted by Crippen LogP contribution is -2.10. The van der Waals surface area contributed by atoms with E-state index in [1.165, 1.54) is 13.0 Å². The van der Waals surface area contributed by atoms with E-state index in [9.17, 15) is 9.59 Å². The molecule has 0 unspecified atom stereocenters. The molecular formula is C9H14N2O5. The molecule has 0 bridgehead atoms. The van der Waals surface area contributed by atoms with Crippen molar-refractivity contribution in [3.63, 3.8) is 0 Å². The van der Waals surface area contributed by atoms with E-state index >= 15 is 0 Å². The monoisotopic (exact) mass is 230 g/mol. The van der Waals surface area contributed by atoms with Crippen LogP contribution in [0.4, 0.5) is 0 Å². The minimum absolute atomic E-state index is 0.211. The molecule has 0 heterocycles. The summed E-state index contributed by atoms with van der Waals surface area (Å²) in [5.41, 5.74) is -0.637. The molecule has 0 aliphatic carbocycles. The van der Waals surface area contributed by atoms with Gasteiger partial charge in [0.2, 0.25) is 0 Å². The zero-order valence-corrected chi connectivity index (χ0v) is 9.39. The van der Waals surface area contributed by atoms with Gasteiger partial charge in [0.25, 0.3) is 5.71 Å². The number of rotatable bonds is 4. The van der Waals surface area contributed by atoms with Gasteiger partial charge < -0.3 is 14.7 Å². The molecule has 16 heavy (non-hydrogen) atoms. The van der Waals surface area contributed by atoms with E-state index in [1.807, 2.05) is 0 Å². The van der Waals surface area contributed by atoms with E-state index in [0.29, 0.717) is 6.61 Å². The second kappa shape index (κ2) is 11.0. The van der Waals surface area contributed by atoms with Gasteiger partial charge in [0, 0.05) is 6.92 Å². The molecule has 7 heteroatoms. The Bertz CT molecular complexity index is 293. The van der Waals surface area contributed by atoms with Crippen LogP contribution in [0, 0.1) is 11.3 Å². The minimum Gasteiger partial charge on any atom is -0.476 e. The first-order valence-corrected chi connectivity index (χ1v) is 4.46. The van der Waals surface area contributed by atoms with Crippen LogP contribution >= 0.6 is 0 Å². The van der Waals surface area contributed by atoms with Crippen molar-refractivity contribution < 1.29 is 24.3 Å². The van der Waals surface area contributed by atoms with Gasteiger partial charge in [-0.2, -0.15) is 5.26 Å². The number of oxime groups is 1. The molecule has 0 aliphatic rings. The van der Waals surface area contributed by atoms with Gasteiger partial charge in [-0.15, -0.1) is 0 Å². The second-order valence-electron chi connectivity index (χ2n) is 2.20. The third-order valence-corrected chi connectivity index (χ3v) is 0.941. The summed E-state index contributed by atoms with van der Waals surface area (Å²) >= 11 is 0. The van der Waals surface area contributed by atoms with Gasteiger partial charge in [0.05, 0.1) is 6.61 Å². The standard InChI is InChI=1S/C5H6N2O3.C4H8O2/c1-2-10-7-4(3-6)5(8)9;1-3-6-4(2)5/h2H2,1H3,(H,8,9);3H2,1-2H3. The van der Waals surface area contributed by atoms with E-state index in [-0.39, 0.29) is 12.6 Å². The summed E-state index contributed by atoms with van der Waals surface area (Å²) in [7, 11) is 0. The van der Waals surface area contributed by atoms with E-state index in [0.717, 1.165) is 0 Å². The number of hydrogen-bond donors (Lipinski definition) is 1. The van der Waals surface area contributed by atoms with E-state index < -0.39 is 11.7 Å². The number of ether oxygens (including phenoxy) is 1. The molecule has 0 radical (unpaired) electrons. The average Bonchev–Trinajstić information content (AvgIpc) is 2.19. The Balaban J connectivity index is 0. The van der Waals surface area contributed by atoms with Crippen molar-refractivity contribution in [3.8, 4) is 6.07 Å². The Labute approximate surface area is 93.3 Å². The lowest BCUT2D eigenvalue weighted by molar-refractivity contribution is -0.140. The predicted molar refractivity (Wildman–Crippen MR) is 54.6 cm³/mol. The van der Waals surface area contributed by atoms with Crippen LogP contribution in [0.3, 0.4) is 0 Å². The van der Waals surface area contributed by atoms with Crippen LogP contribution in [0.25, 0.3) is 0 Å². The van der Waals surface area contributed by atoms with Crippen LogP contribution in [0.15, 0.2) is 5.16 Å². The first kappa shape index (κ1) is 16.3.